The molecule has 98 valence electrons. The fourth-order valence-electron chi connectivity index (χ4n) is 1.54. The lowest BCUT2D eigenvalue weighted by atomic mass is 10.0. The first-order valence-electron chi connectivity index (χ1n) is 5.04. The SMILES string of the molecule is O=C(c1cc(F)cc(F)c1)c1cc(F)c(Cl)cc1F. The molecule has 0 unspecified atom stereocenters. The maximum atomic E-state index is 13.5. The van der Waals surface area contributed by atoms with Gasteiger partial charge in [0.15, 0.2) is 5.78 Å². The molecule has 0 radical (unpaired) electrons. The summed E-state index contributed by atoms with van der Waals surface area (Å²) < 4.78 is 52.6. The first-order chi connectivity index (χ1) is 8.88. The minimum Gasteiger partial charge on any atom is -0.288 e. The standard InChI is InChI=1S/C13H5ClF4O/c14-10-5-11(17)9(4-12(10)18)13(19)6-1-7(15)3-8(16)2-6/h1-5H. The van der Waals surface area contributed by atoms with Crippen LogP contribution in [-0.4, -0.2) is 5.78 Å². The molecule has 0 aliphatic carbocycles. The topological polar surface area (TPSA) is 17.1 Å². The third-order valence-corrected chi connectivity index (χ3v) is 2.67. The van der Waals surface area contributed by atoms with E-state index in [1.807, 2.05) is 0 Å². The van der Waals surface area contributed by atoms with Crippen LogP contribution in [0.4, 0.5) is 17.6 Å². The van der Waals surface area contributed by atoms with Gasteiger partial charge >= 0.3 is 0 Å². The highest BCUT2D eigenvalue weighted by atomic mass is 35.5. The van der Waals surface area contributed by atoms with Gasteiger partial charge in [0.05, 0.1) is 10.6 Å². The molecule has 1 nitrogen and oxygen atoms in total. The molecule has 2 aromatic rings. The van der Waals surface area contributed by atoms with Crippen LogP contribution in [0.2, 0.25) is 5.02 Å². The molecule has 0 saturated carbocycles. The second kappa shape index (κ2) is 5.01. The van der Waals surface area contributed by atoms with Gasteiger partial charge in [0, 0.05) is 11.6 Å². The van der Waals surface area contributed by atoms with Crippen LogP contribution in [0.3, 0.4) is 0 Å². The zero-order chi connectivity index (χ0) is 14.2. The summed E-state index contributed by atoms with van der Waals surface area (Å²) in [7, 11) is 0. The largest absolute Gasteiger partial charge is 0.288 e. The highest BCUT2D eigenvalue weighted by Gasteiger charge is 2.18. The van der Waals surface area contributed by atoms with E-state index >= 15 is 0 Å². The zero-order valence-corrected chi connectivity index (χ0v) is 9.94. The fraction of sp³-hybridized carbons (Fsp3) is 0. The molecular formula is C13H5ClF4O. The Morgan fingerprint density at radius 1 is 0.842 bits per heavy atom. The lowest BCUT2D eigenvalue weighted by Gasteiger charge is -2.05. The van der Waals surface area contributed by atoms with Crippen molar-refractivity contribution in [2.75, 3.05) is 0 Å². The Labute approximate surface area is 110 Å². The number of halogens is 5. The van der Waals surface area contributed by atoms with Crippen molar-refractivity contribution >= 4 is 17.4 Å². The predicted molar refractivity (Wildman–Crippen MR) is 61.2 cm³/mol. The molecule has 0 amide bonds. The van der Waals surface area contributed by atoms with Gasteiger partial charge in [-0.2, -0.15) is 0 Å². The van der Waals surface area contributed by atoms with Gasteiger partial charge in [0.2, 0.25) is 0 Å². The van der Waals surface area contributed by atoms with E-state index < -0.39 is 45.2 Å². The summed E-state index contributed by atoms with van der Waals surface area (Å²) in [5, 5.41) is -0.487. The maximum Gasteiger partial charge on any atom is 0.196 e. The Balaban J connectivity index is 2.53. The van der Waals surface area contributed by atoms with Gasteiger partial charge in [-0.05, 0) is 24.3 Å². The van der Waals surface area contributed by atoms with Gasteiger partial charge in [0.25, 0.3) is 0 Å². The van der Waals surface area contributed by atoms with Crippen LogP contribution >= 0.6 is 11.6 Å². The normalized spacial score (nSPS) is 10.6. The van der Waals surface area contributed by atoms with Gasteiger partial charge in [-0.1, -0.05) is 11.6 Å². The minimum absolute atomic E-state index is 0.418. The average molecular weight is 289 g/mol. The van der Waals surface area contributed by atoms with E-state index in [2.05, 4.69) is 0 Å². The van der Waals surface area contributed by atoms with Gasteiger partial charge in [-0.25, -0.2) is 17.6 Å². The number of carbonyl (C=O) groups excluding carboxylic acids is 1. The highest BCUT2D eigenvalue weighted by Crippen LogP contribution is 2.22. The van der Waals surface area contributed by atoms with Crippen molar-refractivity contribution < 1.29 is 22.4 Å². The number of carbonyl (C=O) groups is 1. The molecule has 2 aromatic carbocycles. The first kappa shape index (κ1) is 13.5. The van der Waals surface area contributed by atoms with Crippen LogP contribution < -0.4 is 0 Å². The van der Waals surface area contributed by atoms with Crippen LogP contribution in [0, 0.1) is 23.3 Å². The quantitative estimate of drug-likeness (QED) is 0.461. The molecule has 0 spiro atoms. The number of ketones is 1. The fourth-order valence-corrected chi connectivity index (χ4v) is 1.69. The summed E-state index contributed by atoms with van der Waals surface area (Å²) >= 11 is 5.34. The molecule has 19 heavy (non-hydrogen) atoms. The monoisotopic (exact) mass is 288 g/mol. The Bertz CT molecular complexity index is 650. The molecule has 0 bridgehead atoms. The van der Waals surface area contributed by atoms with Crippen LogP contribution in [0.25, 0.3) is 0 Å². The number of rotatable bonds is 2. The smallest absolute Gasteiger partial charge is 0.196 e. The second-order valence-corrected chi connectivity index (χ2v) is 4.14. The van der Waals surface area contributed by atoms with E-state index in [4.69, 9.17) is 11.6 Å². The van der Waals surface area contributed by atoms with Crippen molar-refractivity contribution in [3.8, 4) is 0 Å². The summed E-state index contributed by atoms with van der Waals surface area (Å²) in [6.07, 6.45) is 0. The van der Waals surface area contributed by atoms with Crippen molar-refractivity contribution in [1.29, 1.82) is 0 Å². The third-order valence-electron chi connectivity index (χ3n) is 2.38. The predicted octanol–water partition coefficient (Wildman–Crippen LogP) is 4.13. The molecule has 0 aliphatic rings. The Hall–Kier alpha value is -1.88. The zero-order valence-electron chi connectivity index (χ0n) is 9.18. The molecule has 6 heteroatoms. The molecule has 0 saturated heterocycles. The second-order valence-electron chi connectivity index (χ2n) is 3.73. The molecule has 2 rings (SSSR count). The first-order valence-corrected chi connectivity index (χ1v) is 5.41. The number of hydrogen-bond acceptors (Lipinski definition) is 1. The molecular weight excluding hydrogens is 284 g/mol. The number of hydrogen-bond donors (Lipinski definition) is 0. The van der Waals surface area contributed by atoms with Crippen molar-refractivity contribution in [1.82, 2.24) is 0 Å². The van der Waals surface area contributed by atoms with Crippen LogP contribution in [-0.2, 0) is 0 Å². The van der Waals surface area contributed by atoms with Crippen molar-refractivity contribution in [3.05, 3.63) is 69.8 Å². The average Bonchev–Trinajstić information content (AvgIpc) is 2.31. The van der Waals surface area contributed by atoms with E-state index in [-0.39, 0.29) is 0 Å². The van der Waals surface area contributed by atoms with Crippen LogP contribution in [0.1, 0.15) is 15.9 Å². The van der Waals surface area contributed by atoms with E-state index in [1.165, 1.54) is 0 Å². The summed E-state index contributed by atoms with van der Waals surface area (Å²) in [5.74, 6) is -5.08. The Kier molecular flexibility index (Phi) is 3.57. The molecule has 0 atom stereocenters. The highest BCUT2D eigenvalue weighted by molar-refractivity contribution is 6.30. The molecule has 0 heterocycles. The third kappa shape index (κ3) is 2.76. The summed E-state index contributed by atoms with van der Waals surface area (Å²) in [6.45, 7) is 0. The van der Waals surface area contributed by atoms with Gasteiger partial charge in [0.1, 0.15) is 23.3 Å². The lowest BCUT2D eigenvalue weighted by Crippen LogP contribution is -2.06. The van der Waals surface area contributed by atoms with Crippen molar-refractivity contribution in [3.63, 3.8) is 0 Å². The Morgan fingerprint density at radius 3 is 2.00 bits per heavy atom. The number of benzene rings is 2. The Morgan fingerprint density at radius 2 is 1.42 bits per heavy atom. The van der Waals surface area contributed by atoms with E-state index in [0.717, 1.165) is 12.1 Å². The van der Waals surface area contributed by atoms with E-state index in [1.54, 1.807) is 0 Å². The molecule has 0 aromatic heterocycles. The van der Waals surface area contributed by atoms with Crippen molar-refractivity contribution in [2.24, 2.45) is 0 Å². The minimum atomic E-state index is -1.07. The summed E-state index contributed by atoms with van der Waals surface area (Å²) in [6, 6.07) is 3.24. The van der Waals surface area contributed by atoms with Crippen LogP contribution in [0.5, 0.6) is 0 Å². The van der Waals surface area contributed by atoms with E-state index in [9.17, 15) is 22.4 Å². The van der Waals surface area contributed by atoms with Crippen molar-refractivity contribution in [2.45, 2.75) is 0 Å². The molecule has 0 fully saturated rings. The molecule has 0 N–H and O–H groups in total. The van der Waals surface area contributed by atoms with E-state index in [0.29, 0.717) is 18.2 Å². The summed E-state index contributed by atoms with van der Waals surface area (Å²) in [5.41, 5.74) is -1.06. The maximum absolute atomic E-state index is 13.5. The van der Waals surface area contributed by atoms with Gasteiger partial charge in [-0.3, -0.25) is 4.79 Å². The lowest BCUT2D eigenvalue weighted by molar-refractivity contribution is 0.103. The van der Waals surface area contributed by atoms with Gasteiger partial charge < -0.3 is 0 Å². The summed E-state index contributed by atoms with van der Waals surface area (Å²) in [4.78, 5) is 11.9. The van der Waals surface area contributed by atoms with Gasteiger partial charge in [-0.15, -0.1) is 0 Å². The van der Waals surface area contributed by atoms with Crippen LogP contribution in [0.15, 0.2) is 30.3 Å². The molecule has 0 aliphatic heterocycles.